The zero-order valence-corrected chi connectivity index (χ0v) is 18.4. The minimum atomic E-state index is 0.176. The van der Waals surface area contributed by atoms with Crippen molar-refractivity contribution < 1.29 is 5.11 Å². The third kappa shape index (κ3) is 3.52. The van der Waals surface area contributed by atoms with Crippen molar-refractivity contribution in [1.29, 1.82) is 5.26 Å². The number of nitriles is 1. The number of aromatic nitrogens is 3. The molecule has 0 aliphatic heterocycles. The van der Waals surface area contributed by atoms with Gasteiger partial charge >= 0.3 is 0 Å². The topological polar surface area (TPSA) is 74.7 Å². The molecule has 0 saturated heterocycles. The molecule has 0 aliphatic rings. The molecule has 1 N–H and O–H groups in total. The second kappa shape index (κ2) is 8.25. The summed E-state index contributed by atoms with van der Waals surface area (Å²) < 4.78 is 1.83. The number of hydrogen-bond donors (Lipinski definition) is 1. The van der Waals surface area contributed by atoms with Crippen molar-refractivity contribution in [3.05, 3.63) is 95.7 Å². The van der Waals surface area contributed by atoms with Crippen LogP contribution >= 0.6 is 0 Å². The number of rotatable bonds is 4. The first-order chi connectivity index (χ1) is 16.1. The lowest BCUT2D eigenvalue weighted by atomic mass is 9.93. The Morgan fingerprint density at radius 1 is 0.909 bits per heavy atom. The predicted molar refractivity (Wildman–Crippen MR) is 130 cm³/mol. The van der Waals surface area contributed by atoms with E-state index in [1.165, 1.54) is 5.56 Å². The van der Waals surface area contributed by atoms with E-state index in [2.05, 4.69) is 25.1 Å². The van der Waals surface area contributed by atoms with Gasteiger partial charge < -0.3 is 5.11 Å². The van der Waals surface area contributed by atoms with E-state index in [4.69, 9.17) is 10.1 Å². The molecule has 2 aromatic heterocycles. The van der Waals surface area contributed by atoms with Gasteiger partial charge in [-0.05, 0) is 48.7 Å². The Morgan fingerprint density at radius 2 is 1.58 bits per heavy atom. The molecule has 0 spiro atoms. The Bertz CT molecular complexity index is 1490. The maximum atomic E-state index is 10.3. The molecule has 0 saturated carbocycles. The van der Waals surface area contributed by atoms with Crippen molar-refractivity contribution in [2.24, 2.45) is 0 Å². The Kier molecular flexibility index (Phi) is 5.12. The van der Waals surface area contributed by atoms with Crippen molar-refractivity contribution in [1.82, 2.24) is 14.8 Å². The summed E-state index contributed by atoms with van der Waals surface area (Å²) in [5.41, 5.74) is 7.20. The lowest BCUT2D eigenvalue weighted by molar-refractivity contribution is 0.475. The van der Waals surface area contributed by atoms with Crippen molar-refractivity contribution in [3.63, 3.8) is 0 Å². The predicted octanol–water partition coefficient (Wildman–Crippen LogP) is 6.20. The molecule has 0 fully saturated rings. The number of aryl methyl sites for hydroxylation is 2. The molecule has 0 aliphatic carbocycles. The summed E-state index contributed by atoms with van der Waals surface area (Å²) in [5, 5.41) is 25.7. The number of benzene rings is 3. The van der Waals surface area contributed by atoms with Crippen molar-refractivity contribution in [2.75, 3.05) is 0 Å². The van der Waals surface area contributed by atoms with Gasteiger partial charge in [0, 0.05) is 11.1 Å². The normalized spacial score (nSPS) is 10.9. The molecule has 0 atom stereocenters. The molecule has 0 radical (unpaired) electrons. The Balaban J connectivity index is 1.90. The molecule has 160 valence electrons. The number of aromatic hydroxyl groups is 1. The number of para-hydroxylation sites is 1. The maximum absolute atomic E-state index is 10.3. The zero-order chi connectivity index (χ0) is 22.9. The van der Waals surface area contributed by atoms with Crippen LogP contribution in [0.25, 0.3) is 39.1 Å². The van der Waals surface area contributed by atoms with Gasteiger partial charge in [-0.3, -0.25) is 0 Å². The van der Waals surface area contributed by atoms with Gasteiger partial charge in [-0.25, -0.2) is 9.67 Å². The highest BCUT2D eigenvalue weighted by molar-refractivity contribution is 6.01. The molecular formula is C28H22N4O. The van der Waals surface area contributed by atoms with Gasteiger partial charge in [0.05, 0.1) is 28.0 Å². The fourth-order valence-electron chi connectivity index (χ4n) is 4.20. The molecule has 3 aromatic carbocycles. The number of phenols is 1. The van der Waals surface area contributed by atoms with Crippen LogP contribution in [0.15, 0.2) is 78.9 Å². The van der Waals surface area contributed by atoms with Gasteiger partial charge in [-0.2, -0.15) is 10.4 Å². The molecule has 2 heterocycles. The zero-order valence-electron chi connectivity index (χ0n) is 18.4. The molecule has 0 bridgehead atoms. The van der Waals surface area contributed by atoms with Crippen molar-refractivity contribution >= 4 is 11.0 Å². The first-order valence-electron chi connectivity index (χ1n) is 10.9. The lowest BCUT2D eigenvalue weighted by Gasteiger charge is -2.13. The van der Waals surface area contributed by atoms with Gasteiger partial charge in [-0.15, -0.1) is 0 Å². The van der Waals surface area contributed by atoms with Crippen LogP contribution in [0.1, 0.15) is 23.7 Å². The summed E-state index contributed by atoms with van der Waals surface area (Å²) in [6.45, 7) is 4.05. The van der Waals surface area contributed by atoms with Gasteiger partial charge in [0.2, 0.25) is 0 Å². The van der Waals surface area contributed by atoms with Crippen LogP contribution in [0.4, 0.5) is 0 Å². The average Bonchev–Trinajstić information content (AvgIpc) is 3.20. The Hall–Kier alpha value is -4.43. The number of fused-ring (bicyclic) bond motifs is 1. The van der Waals surface area contributed by atoms with E-state index in [0.717, 1.165) is 39.9 Å². The van der Waals surface area contributed by atoms with Gasteiger partial charge in [0.15, 0.2) is 5.65 Å². The maximum Gasteiger partial charge on any atom is 0.164 e. The van der Waals surface area contributed by atoms with Crippen LogP contribution < -0.4 is 0 Å². The highest BCUT2D eigenvalue weighted by atomic mass is 16.3. The fraction of sp³-hybridized carbons (Fsp3) is 0.107. The van der Waals surface area contributed by atoms with Crippen LogP contribution in [-0.2, 0) is 6.42 Å². The molecule has 0 amide bonds. The molecule has 5 heteroatoms. The van der Waals surface area contributed by atoms with E-state index >= 15 is 0 Å². The summed E-state index contributed by atoms with van der Waals surface area (Å²) in [6.07, 6.45) is 0.941. The smallest absolute Gasteiger partial charge is 0.164 e. The number of pyridine rings is 1. The molecule has 5 nitrogen and oxygen atoms in total. The second-order valence-electron chi connectivity index (χ2n) is 7.95. The first kappa shape index (κ1) is 20.5. The van der Waals surface area contributed by atoms with Crippen LogP contribution in [0, 0.1) is 18.3 Å². The number of nitrogens with zero attached hydrogens (tertiary/aromatic N) is 4. The standard InChI is InChI=1S/C28H22N4O/c1-3-19-9-11-21(12-10-19)27-24(17-29)26(20-13-15-23(33)16-14-20)25-18(2)31-32(28(25)30-27)22-7-5-4-6-8-22/h4-16,33H,3H2,1-2H3. The third-order valence-electron chi connectivity index (χ3n) is 5.89. The summed E-state index contributed by atoms with van der Waals surface area (Å²) >= 11 is 0. The van der Waals surface area contributed by atoms with E-state index in [1.807, 2.05) is 66.2 Å². The summed E-state index contributed by atoms with van der Waals surface area (Å²) in [7, 11) is 0. The summed E-state index contributed by atoms with van der Waals surface area (Å²) in [4.78, 5) is 5.00. The molecule has 5 aromatic rings. The van der Waals surface area contributed by atoms with Crippen molar-refractivity contribution in [2.45, 2.75) is 20.3 Å². The number of phenolic OH excluding ortho intramolecular Hbond substituents is 1. The van der Waals surface area contributed by atoms with Gasteiger partial charge in [0.1, 0.15) is 11.8 Å². The minimum Gasteiger partial charge on any atom is -0.508 e. The van der Waals surface area contributed by atoms with Crippen molar-refractivity contribution in [3.8, 4) is 39.9 Å². The highest BCUT2D eigenvalue weighted by Crippen LogP contribution is 2.39. The van der Waals surface area contributed by atoms with E-state index in [9.17, 15) is 10.4 Å². The van der Waals surface area contributed by atoms with Crippen LogP contribution in [0.2, 0.25) is 0 Å². The van der Waals surface area contributed by atoms with Gasteiger partial charge in [-0.1, -0.05) is 61.5 Å². The summed E-state index contributed by atoms with van der Waals surface area (Å²) in [6, 6.07) is 27.4. The van der Waals surface area contributed by atoms with E-state index in [1.54, 1.807) is 12.1 Å². The highest BCUT2D eigenvalue weighted by Gasteiger charge is 2.23. The Labute approximate surface area is 192 Å². The second-order valence-corrected chi connectivity index (χ2v) is 7.95. The SMILES string of the molecule is CCc1ccc(-c2nc3c(c(C)nn3-c3ccccc3)c(-c3ccc(O)cc3)c2C#N)cc1. The molecule has 33 heavy (non-hydrogen) atoms. The molecular weight excluding hydrogens is 408 g/mol. The molecule has 5 rings (SSSR count). The average molecular weight is 431 g/mol. The van der Waals surface area contributed by atoms with Crippen LogP contribution in [-0.4, -0.2) is 19.9 Å². The van der Waals surface area contributed by atoms with Crippen LogP contribution in [0.3, 0.4) is 0 Å². The fourth-order valence-corrected chi connectivity index (χ4v) is 4.20. The lowest BCUT2D eigenvalue weighted by Crippen LogP contribution is -2.01. The van der Waals surface area contributed by atoms with E-state index < -0.39 is 0 Å². The van der Waals surface area contributed by atoms with Gasteiger partial charge in [0.25, 0.3) is 0 Å². The monoisotopic (exact) mass is 430 g/mol. The molecule has 0 unspecified atom stereocenters. The van der Waals surface area contributed by atoms with E-state index in [-0.39, 0.29) is 5.75 Å². The summed E-state index contributed by atoms with van der Waals surface area (Å²) in [5.74, 6) is 0.176. The first-order valence-corrected chi connectivity index (χ1v) is 10.9. The van der Waals surface area contributed by atoms with Crippen LogP contribution in [0.5, 0.6) is 5.75 Å². The van der Waals surface area contributed by atoms with E-state index in [0.29, 0.717) is 16.9 Å². The quantitative estimate of drug-likeness (QED) is 0.368. The largest absolute Gasteiger partial charge is 0.508 e. The third-order valence-corrected chi connectivity index (χ3v) is 5.89. The Morgan fingerprint density at radius 3 is 2.21 bits per heavy atom. The minimum absolute atomic E-state index is 0.176. The number of hydrogen-bond acceptors (Lipinski definition) is 4.